The van der Waals surface area contributed by atoms with E-state index in [4.69, 9.17) is 0 Å². The zero-order chi connectivity index (χ0) is 13.2. The van der Waals surface area contributed by atoms with E-state index in [9.17, 15) is 0 Å². The molecule has 0 bridgehead atoms. The molecule has 0 amide bonds. The number of nitrogens with zero attached hydrogens (tertiary/aromatic N) is 1. The van der Waals surface area contributed by atoms with Gasteiger partial charge in [0, 0.05) is 12.1 Å². The van der Waals surface area contributed by atoms with Gasteiger partial charge < -0.3 is 10.2 Å². The molecule has 0 aromatic heterocycles. The summed E-state index contributed by atoms with van der Waals surface area (Å²) < 4.78 is 0. The van der Waals surface area contributed by atoms with Crippen molar-refractivity contribution in [1.82, 2.24) is 10.2 Å². The average Bonchev–Trinajstić information content (AvgIpc) is 2.41. The standard InChI is InChI=1S/C17H32N2/c1-13-10-14(12-15-6-3-4-8-18-15)16-7-5-9-19(2)17(16)11-13/h13-18H,3-12H2,1-2H3/t13-,14+,15+,16-,17-/m1/s1. The predicted octanol–water partition coefficient (Wildman–Crippen LogP) is 3.28. The Morgan fingerprint density at radius 3 is 2.79 bits per heavy atom. The van der Waals surface area contributed by atoms with E-state index in [1.165, 1.54) is 64.5 Å². The molecule has 2 nitrogen and oxygen atoms in total. The third-order valence-electron chi connectivity index (χ3n) is 6.06. The van der Waals surface area contributed by atoms with Crippen LogP contribution in [0.15, 0.2) is 0 Å². The Kier molecular flexibility index (Phi) is 4.48. The maximum atomic E-state index is 3.77. The van der Waals surface area contributed by atoms with Crippen LogP contribution in [0.25, 0.3) is 0 Å². The highest BCUT2D eigenvalue weighted by molar-refractivity contribution is 4.94. The van der Waals surface area contributed by atoms with Crippen LogP contribution in [-0.2, 0) is 0 Å². The van der Waals surface area contributed by atoms with Gasteiger partial charge in [-0.3, -0.25) is 0 Å². The Balaban J connectivity index is 1.64. The van der Waals surface area contributed by atoms with Crippen molar-refractivity contribution in [2.75, 3.05) is 20.1 Å². The van der Waals surface area contributed by atoms with Crippen LogP contribution in [0.1, 0.15) is 58.3 Å². The van der Waals surface area contributed by atoms with Crippen molar-refractivity contribution in [3.63, 3.8) is 0 Å². The topological polar surface area (TPSA) is 15.3 Å². The summed E-state index contributed by atoms with van der Waals surface area (Å²) in [5.41, 5.74) is 0. The molecule has 2 heteroatoms. The summed E-state index contributed by atoms with van der Waals surface area (Å²) in [5.74, 6) is 2.93. The van der Waals surface area contributed by atoms with Gasteiger partial charge in [0.2, 0.25) is 0 Å². The fraction of sp³-hybridized carbons (Fsp3) is 1.00. The second kappa shape index (κ2) is 6.13. The van der Waals surface area contributed by atoms with Gasteiger partial charge in [0.05, 0.1) is 0 Å². The van der Waals surface area contributed by atoms with Crippen molar-refractivity contribution in [2.24, 2.45) is 17.8 Å². The first-order valence-electron chi connectivity index (χ1n) is 8.67. The fourth-order valence-electron chi connectivity index (χ4n) is 5.13. The van der Waals surface area contributed by atoms with E-state index < -0.39 is 0 Å². The molecule has 110 valence electrons. The number of hydrogen-bond acceptors (Lipinski definition) is 2. The number of hydrogen-bond donors (Lipinski definition) is 1. The lowest BCUT2D eigenvalue weighted by Gasteiger charge is -2.49. The van der Waals surface area contributed by atoms with Crippen molar-refractivity contribution < 1.29 is 0 Å². The zero-order valence-corrected chi connectivity index (χ0v) is 12.9. The van der Waals surface area contributed by atoms with E-state index in [0.29, 0.717) is 0 Å². The van der Waals surface area contributed by atoms with Crippen LogP contribution in [0.3, 0.4) is 0 Å². The highest BCUT2D eigenvalue weighted by Gasteiger charge is 2.40. The van der Waals surface area contributed by atoms with Crippen LogP contribution in [0.5, 0.6) is 0 Å². The van der Waals surface area contributed by atoms with E-state index in [-0.39, 0.29) is 0 Å². The lowest BCUT2D eigenvalue weighted by Crippen LogP contribution is -2.50. The number of nitrogens with one attached hydrogen (secondary N) is 1. The predicted molar refractivity (Wildman–Crippen MR) is 81.3 cm³/mol. The minimum absolute atomic E-state index is 0.830. The monoisotopic (exact) mass is 264 g/mol. The molecule has 1 N–H and O–H groups in total. The second-order valence-electron chi connectivity index (χ2n) is 7.57. The Labute approximate surface area is 119 Å². The third kappa shape index (κ3) is 3.16. The maximum Gasteiger partial charge on any atom is 0.0126 e. The molecule has 3 rings (SSSR count). The van der Waals surface area contributed by atoms with Crippen LogP contribution in [-0.4, -0.2) is 37.1 Å². The van der Waals surface area contributed by atoms with E-state index in [1.807, 2.05) is 0 Å². The van der Waals surface area contributed by atoms with Crippen LogP contribution >= 0.6 is 0 Å². The normalized spacial score (nSPS) is 44.8. The minimum Gasteiger partial charge on any atom is -0.314 e. The summed E-state index contributed by atoms with van der Waals surface area (Å²) in [6.07, 6.45) is 11.6. The molecule has 0 aromatic rings. The zero-order valence-electron chi connectivity index (χ0n) is 12.9. The fourth-order valence-corrected chi connectivity index (χ4v) is 5.13. The van der Waals surface area contributed by atoms with Gasteiger partial charge in [-0.25, -0.2) is 0 Å². The molecule has 2 aliphatic heterocycles. The Bertz CT molecular complexity index is 285. The molecule has 0 spiro atoms. The molecule has 19 heavy (non-hydrogen) atoms. The lowest BCUT2D eigenvalue weighted by molar-refractivity contribution is 0.0145. The molecule has 3 aliphatic rings. The minimum atomic E-state index is 0.830. The second-order valence-corrected chi connectivity index (χ2v) is 7.57. The van der Waals surface area contributed by atoms with Crippen LogP contribution < -0.4 is 5.32 Å². The molecule has 0 unspecified atom stereocenters. The first-order valence-corrected chi connectivity index (χ1v) is 8.67. The van der Waals surface area contributed by atoms with Gasteiger partial charge in [-0.2, -0.15) is 0 Å². The first kappa shape index (κ1) is 13.9. The van der Waals surface area contributed by atoms with Crippen LogP contribution in [0, 0.1) is 17.8 Å². The summed E-state index contributed by atoms with van der Waals surface area (Å²) >= 11 is 0. The van der Waals surface area contributed by atoms with Crippen molar-refractivity contribution >= 4 is 0 Å². The van der Waals surface area contributed by atoms with Gasteiger partial charge in [0.1, 0.15) is 0 Å². The van der Waals surface area contributed by atoms with Crippen molar-refractivity contribution in [1.29, 1.82) is 0 Å². The van der Waals surface area contributed by atoms with E-state index >= 15 is 0 Å². The Morgan fingerprint density at radius 2 is 2.00 bits per heavy atom. The quantitative estimate of drug-likeness (QED) is 0.823. The molecule has 2 heterocycles. The number of likely N-dealkylation sites (tertiary alicyclic amines) is 1. The molecule has 1 aliphatic carbocycles. The number of fused-ring (bicyclic) bond motifs is 1. The number of rotatable bonds is 2. The van der Waals surface area contributed by atoms with Gasteiger partial charge >= 0.3 is 0 Å². The van der Waals surface area contributed by atoms with Gasteiger partial charge in [0.25, 0.3) is 0 Å². The molecule has 0 radical (unpaired) electrons. The van der Waals surface area contributed by atoms with Crippen molar-refractivity contribution in [3.05, 3.63) is 0 Å². The summed E-state index contributed by atoms with van der Waals surface area (Å²) in [6.45, 7) is 5.09. The third-order valence-corrected chi connectivity index (χ3v) is 6.06. The largest absolute Gasteiger partial charge is 0.314 e. The summed E-state index contributed by atoms with van der Waals surface area (Å²) in [4.78, 5) is 2.67. The molecule has 1 saturated carbocycles. The highest BCUT2D eigenvalue weighted by atomic mass is 15.1. The molecule has 2 saturated heterocycles. The number of piperidine rings is 2. The summed E-state index contributed by atoms with van der Waals surface area (Å²) in [7, 11) is 2.37. The SMILES string of the molecule is C[C@@H]1C[C@@H](C[C@@H]2CCCCN2)[C@H]2CCCN(C)[C@@H]2C1. The lowest BCUT2D eigenvalue weighted by atomic mass is 9.66. The van der Waals surface area contributed by atoms with Gasteiger partial charge in [0.15, 0.2) is 0 Å². The van der Waals surface area contributed by atoms with Gasteiger partial charge in [-0.1, -0.05) is 13.3 Å². The Morgan fingerprint density at radius 1 is 1.11 bits per heavy atom. The van der Waals surface area contributed by atoms with Crippen molar-refractivity contribution in [2.45, 2.75) is 70.4 Å². The van der Waals surface area contributed by atoms with Gasteiger partial charge in [-0.05, 0) is 82.8 Å². The average molecular weight is 264 g/mol. The molecule has 3 fully saturated rings. The van der Waals surface area contributed by atoms with E-state index in [2.05, 4.69) is 24.2 Å². The van der Waals surface area contributed by atoms with Crippen LogP contribution in [0.2, 0.25) is 0 Å². The first-order chi connectivity index (χ1) is 9.24. The smallest absolute Gasteiger partial charge is 0.0126 e. The van der Waals surface area contributed by atoms with Crippen LogP contribution in [0.4, 0.5) is 0 Å². The van der Waals surface area contributed by atoms with E-state index in [0.717, 1.165) is 29.8 Å². The molecular weight excluding hydrogens is 232 g/mol. The molecular formula is C17H32N2. The van der Waals surface area contributed by atoms with E-state index in [1.54, 1.807) is 0 Å². The molecule has 0 aromatic carbocycles. The highest BCUT2D eigenvalue weighted by Crippen LogP contribution is 2.43. The summed E-state index contributed by atoms with van der Waals surface area (Å²) in [6, 6.07) is 1.73. The molecule has 5 atom stereocenters. The van der Waals surface area contributed by atoms with Crippen molar-refractivity contribution in [3.8, 4) is 0 Å². The Hall–Kier alpha value is -0.0800. The maximum absolute atomic E-state index is 3.77. The summed E-state index contributed by atoms with van der Waals surface area (Å²) in [5, 5.41) is 3.77. The van der Waals surface area contributed by atoms with Gasteiger partial charge in [-0.15, -0.1) is 0 Å².